The molecule has 178 valence electrons. The van der Waals surface area contributed by atoms with Crippen molar-refractivity contribution in [2.24, 2.45) is 10.5 Å². The molecule has 0 aliphatic carbocycles. The van der Waals surface area contributed by atoms with Crippen LogP contribution in [0.5, 0.6) is 0 Å². The van der Waals surface area contributed by atoms with Gasteiger partial charge in [-0.25, -0.2) is 0 Å². The van der Waals surface area contributed by atoms with Gasteiger partial charge in [-0.3, -0.25) is 9.69 Å². The van der Waals surface area contributed by atoms with E-state index >= 15 is 0 Å². The molecule has 35 heavy (non-hydrogen) atoms. The van der Waals surface area contributed by atoms with Crippen molar-refractivity contribution < 1.29 is 4.79 Å². The van der Waals surface area contributed by atoms with E-state index in [-0.39, 0.29) is 11.9 Å². The van der Waals surface area contributed by atoms with Crippen LogP contribution in [-0.4, -0.2) is 42.2 Å². The van der Waals surface area contributed by atoms with E-state index in [0.29, 0.717) is 6.42 Å². The van der Waals surface area contributed by atoms with Crippen LogP contribution in [0.1, 0.15) is 23.6 Å². The third-order valence-electron chi connectivity index (χ3n) is 7.85. The fourth-order valence-corrected chi connectivity index (χ4v) is 6.41. The number of carbonyl (C=O) groups excluding carboxylic acids is 1. The van der Waals surface area contributed by atoms with Crippen molar-refractivity contribution in [1.82, 2.24) is 4.90 Å². The molecule has 1 spiro atoms. The summed E-state index contributed by atoms with van der Waals surface area (Å²) in [4.78, 5) is 19.3. The number of hydrogen-bond donors (Lipinski definition) is 0. The fraction of sp³-hybridized carbons (Fsp3) is 0.310. The van der Waals surface area contributed by atoms with Gasteiger partial charge in [0.15, 0.2) is 0 Å². The van der Waals surface area contributed by atoms with Gasteiger partial charge in [-0.15, -0.1) is 0 Å². The zero-order chi connectivity index (χ0) is 24.2. The lowest BCUT2D eigenvalue weighted by Crippen LogP contribution is -2.66. The van der Waals surface area contributed by atoms with Gasteiger partial charge in [0.2, 0.25) is 0 Å². The van der Waals surface area contributed by atoms with E-state index in [4.69, 9.17) is 5.10 Å². The Morgan fingerprint density at radius 1 is 1.00 bits per heavy atom. The van der Waals surface area contributed by atoms with Crippen LogP contribution in [0, 0.1) is 12.3 Å². The lowest BCUT2D eigenvalue weighted by atomic mass is 9.67. The van der Waals surface area contributed by atoms with Crippen LogP contribution in [0.2, 0.25) is 0 Å². The largest absolute Gasteiger partial charge is 0.364 e. The van der Waals surface area contributed by atoms with Crippen molar-refractivity contribution in [1.29, 1.82) is 0 Å². The number of aryl methyl sites for hydroxylation is 1. The van der Waals surface area contributed by atoms with E-state index in [0.717, 1.165) is 42.1 Å². The average Bonchev–Trinajstić information content (AvgIpc) is 3.10. The number of piperazine rings is 1. The Morgan fingerprint density at radius 3 is 2.54 bits per heavy atom. The molecular formula is C29H29BrN4O. The number of nitrogens with zero attached hydrogens (tertiary/aromatic N) is 4. The number of benzene rings is 3. The minimum absolute atomic E-state index is 0.0281. The Morgan fingerprint density at radius 2 is 1.77 bits per heavy atom. The van der Waals surface area contributed by atoms with Crippen LogP contribution in [0.4, 0.5) is 11.4 Å². The number of carbonyl (C=O) groups is 1. The van der Waals surface area contributed by atoms with Crippen LogP contribution in [-0.2, 0) is 17.8 Å². The maximum absolute atomic E-state index is 14.3. The Bertz CT molecular complexity index is 1310. The molecule has 0 aromatic heterocycles. The maximum Gasteiger partial charge on any atom is 0.261 e. The number of fused-ring (bicyclic) bond motifs is 4. The first-order valence-corrected chi connectivity index (χ1v) is 13.0. The van der Waals surface area contributed by atoms with E-state index in [1.54, 1.807) is 5.01 Å². The molecule has 1 saturated heterocycles. The quantitative estimate of drug-likeness (QED) is 0.456. The molecule has 5 nitrogen and oxygen atoms in total. The van der Waals surface area contributed by atoms with Crippen molar-refractivity contribution in [2.45, 2.75) is 32.9 Å². The first kappa shape index (κ1) is 22.5. The standard InChI is InChI=1S/C29H29BrN4O/c1-20-8-11-25(12-9-20)34-28(35)29(21(2)31-34)17-23-16-24(30)10-13-26(23)33-15-14-32(19-27(29)33)18-22-6-4-3-5-7-22/h3-13,16,27H,14-15,17-19H2,1-2H3/t27-,29+/m0/s1. The summed E-state index contributed by atoms with van der Waals surface area (Å²) in [5.74, 6) is 0.0843. The summed E-state index contributed by atoms with van der Waals surface area (Å²) in [5, 5.41) is 6.53. The van der Waals surface area contributed by atoms with Crippen molar-refractivity contribution in [3.8, 4) is 0 Å². The van der Waals surface area contributed by atoms with Gasteiger partial charge < -0.3 is 4.90 Å². The van der Waals surface area contributed by atoms with Gasteiger partial charge in [-0.2, -0.15) is 10.1 Å². The van der Waals surface area contributed by atoms with E-state index < -0.39 is 5.41 Å². The van der Waals surface area contributed by atoms with Crippen LogP contribution in [0.25, 0.3) is 0 Å². The number of halogens is 1. The normalized spacial score (nSPS) is 23.9. The van der Waals surface area contributed by atoms with Crippen LogP contribution in [0.15, 0.2) is 82.4 Å². The molecule has 0 bridgehead atoms. The minimum atomic E-state index is -0.686. The number of amides is 1. The predicted octanol–water partition coefficient (Wildman–Crippen LogP) is 5.41. The molecule has 1 amide bonds. The van der Waals surface area contributed by atoms with Gasteiger partial charge in [-0.05, 0) is 61.7 Å². The SMILES string of the molecule is CC1=NN(c2ccc(C)cc2)C(=O)[C@]12Cc1cc(Br)ccc1N1CCN(Cc3ccccc3)C[C@H]12. The average molecular weight is 529 g/mol. The highest BCUT2D eigenvalue weighted by Crippen LogP contribution is 2.48. The second-order valence-electron chi connectivity index (χ2n) is 9.99. The van der Waals surface area contributed by atoms with E-state index in [1.807, 2.05) is 31.2 Å². The highest BCUT2D eigenvalue weighted by molar-refractivity contribution is 9.10. The molecule has 2 atom stereocenters. The summed E-state index contributed by atoms with van der Waals surface area (Å²) in [6.07, 6.45) is 0.665. The molecule has 3 heterocycles. The molecule has 3 aromatic rings. The summed E-state index contributed by atoms with van der Waals surface area (Å²) >= 11 is 3.66. The summed E-state index contributed by atoms with van der Waals surface area (Å²) in [6, 6.07) is 25.2. The van der Waals surface area contributed by atoms with Crippen molar-refractivity contribution in [2.75, 3.05) is 29.5 Å². The molecule has 3 aliphatic rings. The Labute approximate surface area is 215 Å². The van der Waals surface area contributed by atoms with Crippen LogP contribution in [0.3, 0.4) is 0 Å². The molecule has 3 aliphatic heterocycles. The molecule has 6 rings (SSSR count). The van der Waals surface area contributed by atoms with Gasteiger partial charge in [0, 0.05) is 36.3 Å². The lowest BCUT2D eigenvalue weighted by molar-refractivity contribution is -0.125. The van der Waals surface area contributed by atoms with E-state index in [9.17, 15) is 4.79 Å². The second-order valence-corrected chi connectivity index (χ2v) is 10.9. The number of anilines is 2. The topological polar surface area (TPSA) is 39.2 Å². The Hall–Kier alpha value is -2.96. The number of rotatable bonds is 3. The third-order valence-corrected chi connectivity index (χ3v) is 8.34. The second kappa shape index (κ2) is 8.61. The van der Waals surface area contributed by atoms with Gasteiger partial charge >= 0.3 is 0 Å². The van der Waals surface area contributed by atoms with Gasteiger partial charge in [-0.1, -0.05) is 64.0 Å². The van der Waals surface area contributed by atoms with Crippen molar-refractivity contribution in [3.05, 3.63) is 94.0 Å². The Balaban J connectivity index is 1.41. The van der Waals surface area contributed by atoms with Gasteiger partial charge in [0.25, 0.3) is 5.91 Å². The number of hydrogen-bond acceptors (Lipinski definition) is 4. The molecule has 3 aromatic carbocycles. The molecular weight excluding hydrogens is 500 g/mol. The smallest absolute Gasteiger partial charge is 0.261 e. The first-order valence-electron chi connectivity index (χ1n) is 12.2. The zero-order valence-electron chi connectivity index (χ0n) is 20.1. The summed E-state index contributed by atoms with van der Waals surface area (Å²) in [5.41, 5.74) is 5.99. The molecule has 6 heteroatoms. The monoisotopic (exact) mass is 528 g/mol. The van der Waals surface area contributed by atoms with Gasteiger partial charge in [0.1, 0.15) is 5.41 Å². The summed E-state index contributed by atoms with van der Waals surface area (Å²) in [6.45, 7) is 7.67. The fourth-order valence-electron chi connectivity index (χ4n) is 6.01. The van der Waals surface area contributed by atoms with Gasteiger partial charge in [0.05, 0.1) is 17.4 Å². The summed E-state index contributed by atoms with van der Waals surface area (Å²) < 4.78 is 1.04. The molecule has 0 N–H and O–H groups in total. The maximum atomic E-state index is 14.3. The van der Waals surface area contributed by atoms with Crippen LogP contribution < -0.4 is 9.91 Å². The van der Waals surface area contributed by atoms with E-state index in [1.165, 1.54) is 22.4 Å². The van der Waals surface area contributed by atoms with Crippen molar-refractivity contribution in [3.63, 3.8) is 0 Å². The minimum Gasteiger partial charge on any atom is -0.364 e. The summed E-state index contributed by atoms with van der Waals surface area (Å²) in [7, 11) is 0. The van der Waals surface area contributed by atoms with E-state index in [2.05, 4.69) is 81.2 Å². The lowest BCUT2D eigenvalue weighted by Gasteiger charge is -2.53. The highest BCUT2D eigenvalue weighted by atomic mass is 79.9. The Kier molecular flexibility index (Phi) is 5.53. The molecule has 0 unspecified atom stereocenters. The zero-order valence-corrected chi connectivity index (χ0v) is 21.7. The van der Waals surface area contributed by atoms with Crippen molar-refractivity contribution >= 4 is 38.9 Å². The first-order chi connectivity index (χ1) is 17.0. The molecule has 0 saturated carbocycles. The number of hydrazone groups is 1. The highest BCUT2D eigenvalue weighted by Gasteiger charge is 2.59. The molecule has 1 fully saturated rings. The third kappa shape index (κ3) is 3.71. The predicted molar refractivity (Wildman–Crippen MR) is 145 cm³/mol. The molecule has 0 radical (unpaired) electrons. The van der Waals surface area contributed by atoms with Crippen LogP contribution >= 0.6 is 15.9 Å².